The molecule has 130 valence electrons. The Labute approximate surface area is 149 Å². The summed E-state index contributed by atoms with van der Waals surface area (Å²) in [6, 6.07) is 5.26. The molecule has 0 unspecified atom stereocenters. The first-order chi connectivity index (χ1) is 11.4. The van der Waals surface area contributed by atoms with Crippen LogP contribution in [0.15, 0.2) is 46.6 Å². The minimum Gasteiger partial charge on any atom is -0.483 e. The first-order valence-electron chi connectivity index (χ1n) is 7.88. The first kappa shape index (κ1) is 20.0. The number of allylic oxidation sites excluding steroid dienone is 4. The predicted molar refractivity (Wildman–Crippen MR) is 101 cm³/mol. The van der Waals surface area contributed by atoms with Gasteiger partial charge >= 0.3 is 0 Å². The zero-order valence-electron chi connectivity index (χ0n) is 14.7. The zero-order valence-corrected chi connectivity index (χ0v) is 15.5. The van der Waals surface area contributed by atoms with Crippen LogP contribution < -0.4 is 10.2 Å². The lowest BCUT2D eigenvalue weighted by atomic mass is 10.1. The molecule has 0 heterocycles. The summed E-state index contributed by atoms with van der Waals surface area (Å²) in [7, 11) is 0. The minimum atomic E-state index is -0.309. The van der Waals surface area contributed by atoms with Crippen molar-refractivity contribution >= 4 is 23.7 Å². The molecule has 1 N–H and O–H groups in total. The summed E-state index contributed by atoms with van der Waals surface area (Å²) in [5.41, 5.74) is 5.85. The highest BCUT2D eigenvalue weighted by Gasteiger charge is 2.04. The molecule has 5 heteroatoms. The van der Waals surface area contributed by atoms with Gasteiger partial charge in [-0.2, -0.15) is 5.10 Å². The second kappa shape index (κ2) is 10.7. The Morgan fingerprint density at radius 2 is 2.08 bits per heavy atom. The van der Waals surface area contributed by atoms with Crippen LogP contribution in [0.1, 0.15) is 39.2 Å². The number of nitrogens with one attached hydrogen (secondary N) is 1. The average Bonchev–Trinajstić information content (AvgIpc) is 2.50. The summed E-state index contributed by atoms with van der Waals surface area (Å²) < 4.78 is 5.44. The topological polar surface area (TPSA) is 50.7 Å². The smallest absolute Gasteiger partial charge is 0.277 e. The summed E-state index contributed by atoms with van der Waals surface area (Å²) in [5, 5.41) is 4.53. The second-order valence-corrected chi connectivity index (χ2v) is 6.28. The van der Waals surface area contributed by atoms with Crippen LogP contribution in [0.2, 0.25) is 5.02 Å². The van der Waals surface area contributed by atoms with Gasteiger partial charge in [-0.25, -0.2) is 5.43 Å². The molecular weight excluding hydrogens is 324 g/mol. The Balaban J connectivity index is 2.33. The van der Waals surface area contributed by atoms with Crippen LogP contribution in [0.25, 0.3) is 0 Å². The van der Waals surface area contributed by atoms with Crippen LogP contribution >= 0.6 is 11.6 Å². The molecular formula is C19H25ClN2O2. The number of hydrogen-bond acceptors (Lipinski definition) is 3. The molecule has 0 aliphatic rings. The van der Waals surface area contributed by atoms with E-state index in [1.807, 2.05) is 19.9 Å². The van der Waals surface area contributed by atoms with Gasteiger partial charge in [-0.1, -0.05) is 28.8 Å². The fourth-order valence-electron chi connectivity index (χ4n) is 1.90. The Morgan fingerprint density at radius 1 is 1.33 bits per heavy atom. The first-order valence-corrected chi connectivity index (χ1v) is 8.26. The largest absolute Gasteiger partial charge is 0.483 e. The van der Waals surface area contributed by atoms with Crippen molar-refractivity contribution in [2.24, 2.45) is 5.10 Å². The third kappa shape index (κ3) is 8.53. The third-order valence-corrected chi connectivity index (χ3v) is 3.44. The number of halogens is 1. The highest BCUT2D eigenvalue weighted by molar-refractivity contribution is 6.30. The van der Waals surface area contributed by atoms with E-state index in [1.165, 1.54) is 11.1 Å². The molecule has 0 aliphatic heterocycles. The van der Waals surface area contributed by atoms with Gasteiger partial charge in [0.15, 0.2) is 6.61 Å². The van der Waals surface area contributed by atoms with Crippen molar-refractivity contribution in [2.75, 3.05) is 6.61 Å². The standard InChI is InChI=1S/C19H25ClN2O2/c1-14(2)6-5-7-15(3)10-11-21-22-19(23)13-24-18-9-8-17(20)12-16(18)4/h6,8-12H,5,7,13H2,1-4H3,(H,22,23)/b15-10+,21-11?. The van der Waals surface area contributed by atoms with Crippen LogP contribution in [0.3, 0.4) is 0 Å². The SMILES string of the molecule is CC(C)=CCC/C(C)=C/C=NNC(=O)COc1ccc(Cl)cc1C. The number of rotatable bonds is 8. The maximum absolute atomic E-state index is 11.7. The molecule has 0 saturated heterocycles. The second-order valence-electron chi connectivity index (χ2n) is 5.84. The van der Waals surface area contributed by atoms with E-state index in [-0.39, 0.29) is 12.5 Å². The Bertz CT molecular complexity index is 645. The molecule has 0 bridgehead atoms. The van der Waals surface area contributed by atoms with Crippen molar-refractivity contribution in [1.29, 1.82) is 0 Å². The number of amides is 1. The van der Waals surface area contributed by atoms with Crippen LogP contribution in [0.5, 0.6) is 5.75 Å². The van der Waals surface area contributed by atoms with E-state index < -0.39 is 0 Å². The van der Waals surface area contributed by atoms with Crippen LogP contribution in [0.4, 0.5) is 0 Å². The van der Waals surface area contributed by atoms with Gasteiger partial charge in [0, 0.05) is 11.2 Å². The lowest BCUT2D eigenvalue weighted by molar-refractivity contribution is -0.123. The van der Waals surface area contributed by atoms with Crippen molar-refractivity contribution in [2.45, 2.75) is 40.5 Å². The molecule has 0 aliphatic carbocycles. The van der Waals surface area contributed by atoms with Crippen molar-refractivity contribution in [1.82, 2.24) is 5.43 Å². The summed E-state index contributed by atoms with van der Waals surface area (Å²) in [4.78, 5) is 11.7. The number of carbonyl (C=O) groups is 1. The molecule has 0 atom stereocenters. The molecule has 0 saturated carbocycles. The van der Waals surface area contributed by atoms with Crippen molar-refractivity contribution in [3.05, 3.63) is 52.1 Å². The van der Waals surface area contributed by atoms with Crippen LogP contribution in [-0.4, -0.2) is 18.7 Å². The van der Waals surface area contributed by atoms with Gasteiger partial charge in [-0.15, -0.1) is 0 Å². The van der Waals surface area contributed by atoms with E-state index in [9.17, 15) is 4.79 Å². The van der Waals surface area contributed by atoms with E-state index in [4.69, 9.17) is 16.3 Å². The lowest BCUT2D eigenvalue weighted by Crippen LogP contribution is -2.24. The van der Waals surface area contributed by atoms with Gasteiger partial charge in [0.25, 0.3) is 5.91 Å². The summed E-state index contributed by atoms with van der Waals surface area (Å²) >= 11 is 5.87. The zero-order chi connectivity index (χ0) is 17.9. The minimum absolute atomic E-state index is 0.0942. The van der Waals surface area contributed by atoms with Crippen molar-refractivity contribution in [3.8, 4) is 5.75 Å². The van der Waals surface area contributed by atoms with Gasteiger partial charge in [-0.05, 0) is 70.4 Å². The van der Waals surface area contributed by atoms with E-state index in [0.717, 1.165) is 18.4 Å². The number of benzene rings is 1. The number of ether oxygens (including phenoxy) is 1. The maximum atomic E-state index is 11.7. The Hall–Kier alpha value is -2.07. The fraction of sp³-hybridized carbons (Fsp3) is 0.368. The summed E-state index contributed by atoms with van der Waals surface area (Å²) in [6.07, 6.45) is 7.67. The number of hydrogen-bond donors (Lipinski definition) is 1. The molecule has 0 radical (unpaired) electrons. The Kier molecular flexibility index (Phi) is 8.87. The summed E-state index contributed by atoms with van der Waals surface area (Å²) in [5.74, 6) is 0.324. The van der Waals surface area contributed by atoms with Crippen LogP contribution in [-0.2, 0) is 4.79 Å². The molecule has 1 amide bonds. The number of nitrogens with zero attached hydrogens (tertiary/aromatic N) is 1. The van der Waals surface area contributed by atoms with E-state index >= 15 is 0 Å². The summed E-state index contributed by atoms with van der Waals surface area (Å²) in [6.45, 7) is 8.00. The molecule has 1 aromatic carbocycles. The van der Waals surface area contributed by atoms with E-state index in [0.29, 0.717) is 10.8 Å². The normalized spacial score (nSPS) is 11.5. The highest BCUT2D eigenvalue weighted by atomic mass is 35.5. The Morgan fingerprint density at radius 3 is 2.75 bits per heavy atom. The number of carbonyl (C=O) groups excluding carboxylic acids is 1. The van der Waals surface area contributed by atoms with Gasteiger partial charge < -0.3 is 4.74 Å². The molecule has 0 spiro atoms. The van der Waals surface area contributed by atoms with Crippen molar-refractivity contribution < 1.29 is 9.53 Å². The highest BCUT2D eigenvalue weighted by Crippen LogP contribution is 2.21. The fourth-order valence-corrected chi connectivity index (χ4v) is 2.12. The number of aryl methyl sites for hydroxylation is 1. The predicted octanol–water partition coefficient (Wildman–Crippen LogP) is 4.82. The number of hydrazone groups is 1. The van der Waals surface area contributed by atoms with E-state index in [1.54, 1.807) is 24.4 Å². The van der Waals surface area contributed by atoms with E-state index in [2.05, 4.69) is 30.5 Å². The lowest BCUT2D eigenvalue weighted by Gasteiger charge is -2.08. The molecule has 1 rings (SSSR count). The molecule has 0 fully saturated rings. The molecule has 0 aromatic heterocycles. The third-order valence-electron chi connectivity index (χ3n) is 3.21. The van der Waals surface area contributed by atoms with Crippen LogP contribution in [0, 0.1) is 6.92 Å². The average molecular weight is 349 g/mol. The molecule has 24 heavy (non-hydrogen) atoms. The van der Waals surface area contributed by atoms with Crippen molar-refractivity contribution in [3.63, 3.8) is 0 Å². The van der Waals surface area contributed by atoms with Gasteiger partial charge in [0.2, 0.25) is 0 Å². The molecule has 1 aromatic rings. The quantitative estimate of drug-likeness (QED) is 0.416. The maximum Gasteiger partial charge on any atom is 0.277 e. The van der Waals surface area contributed by atoms with Gasteiger partial charge in [0.1, 0.15) is 5.75 Å². The van der Waals surface area contributed by atoms with Gasteiger partial charge in [0.05, 0.1) is 0 Å². The molecule has 4 nitrogen and oxygen atoms in total. The van der Waals surface area contributed by atoms with Gasteiger partial charge in [-0.3, -0.25) is 4.79 Å². The monoisotopic (exact) mass is 348 g/mol.